The number of fused-ring (bicyclic) bond motifs is 1. The second kappa shape index (κ2) is 4.76. The Hall–Kier alpha value is -0.710. The highest BCUT2D eigenvalue weighted by Gasteiger charge is 2.42. The number of aryl methyl sites for hydroxylation is 1. The summed E-state index contributed by atoms with van der Waals surface area (Å²) in [5.41, 5.74) is 0. The van der Waals surface area contributed by atoms with Gasteiger partial charge in [0.05, 0.1) is 17.5 Å². The molecule has 4 heteroatoms. The van der Waals surface area contributed by atoms with Gasteiger partial charge in [-0.3, -0.25) is 9.69 Å². The summed E-state index contributed by atoms with van der Waals surface area (Å²) in [5, 5.41) is 9.86. The fraction of sp³-hybridized carbons (Fsp3) is 0.643. The van der Waals surface area contributed by atoms with Crippen LogP contribution in [0.3, 0.4) is 0 Å². The molecule has 1 aromatic rings. The predicted octanol–water partition coefficient (Wildman–Crippen LogP) is 1.94. The zero-order valence-corrected chi connectivity index (χ0v) is 11.4. The molecule has 3 unspecified atom stereocenters. The molecule has 0 spiro atoms. The number of Topliss-reactive ketones (excluding diaryl/α,β-unsaturated/α-hetero) is 1. The largest absolute Gasteiger partial charge is 0.393 e. The number of rotatable bonds is 3. The van der Waals surface area contributed by atoms with E-state index in [0.717, 1.165) is 30.8 Å². The number of carbonyl (C=O) groups is 1. The average Bonchev–Trinajstić information content (AvgIpc) is 2.98. The van der Waals surface area contributed by atoms with E-state index in [1.807, 2.05) is 19.1 Å². The molecule has 1 N–H and O–H groups in total. The van der Waals surface area contributed by atoms with E-state index in [-0.39, 0.29) is 11.9 Å². The van der Waals surface area contributed by atoms with Crippen LogP contribution in [0.4, 0.5) is 0 Å². The molecule has 1 aromatic heterocycles. The fourth-order valence-electron chi connectivity index (χ4n) is 3.32. The van der Waals surface area contributed by atoms with Crippen LogP contribution in [0.2, 0.25) is 0 Å². The lowest BCUT2D eigenvalue weighted by molar-refractivity contribution is 0.0923. The van der Waals surface area contributed by atoms with E-state index >= 15 is 0 Å². The second-order valence-corrected chi connectivity index (χ2v) is 6.88. The van der Waals surface area contributed by atoms with Crippen molar-refractivity contribution in [2.24, 2.45) is 11.8 Å². The van der Waals surface area contributed by atoms with Crippen molar-refractivity contribution < 1.29 is 9.90 Å². The Labute approximate surface area is 111 Å². The van der Waals surface area contributed by atoms with E-state index in [0.29, 0.717) is 18.4 Å². The van der Waals surface area contributed by atoms with E-state index in [1.54, 1.807) is 11.3 Å². The van der Waals surface area contributed by atoms with Crippen molar-refractivity contribution in [1.82, 2.24) is 4.90 Å². The number of nitrogens with zero attached hydrogens (tertiary/aromatic N) is 1. The molecule has 3 atom stereocenters. The summed E-state index contributed by atoms with van der Waals surface area (Å²) in [5.74, 6) is 1.24. The number of aliphatic hydroxyl groups is 1. The van der Waals surface area contributed by atoms with Crippen molar-refractivity contribution in [2.75, 3.05) is 19.6 Å². The van der Waals surface area contributed by atoms with Crippen molar-refractivity contribution >= 4 is 17.1 Å². The summed E-state index contributed by atoms with van der Waals surface area (Å²) in [6.45, 7) is 4.41. The molecular weight excluding hydrogens is 246 g/mol. The lowest BCUT2D eigenvalue weighted by Gasteiger charge is -2.16. The van der Waals surface area contributed by atoms with Crippen molar-refractivity contribution in [3.63, 3.8) is 0 Å². The molecule has 18 heavy (non-hydrogen) atoms. The number of thiophene rings is 1. The molecule has 3 nitrogen and oxygen atoms in total. The van der Waals surface area contributed by atoms with Crippen molar-refractivity contribution in [1.29, 1.82) is 0 Å². The standard InChI is InChI=1S/C14H19NO2S/c1-9-2-5-14(18-9)13(17)8-15-6-10-3-4-12(16)11(10)7-15/h2,5,10-12,16H,3-4,6-8H2,1H3. The van der Waals surface area contributed by atoms with Gasteiger partial charge in [0.2, 0.25) is 0 Å². The van der Waals surface area contributed by atoms with E-state index in [1.165, 1.54) is 4.88 Å². The van der Waals surface area contributed by atoms with Crippen LogP contribution in [-0.2, 0) is 0 Å². The Morgan fingerprint density at radius 3 is 2.94 bits per heavy atom. The highest BCUT2D eigenvalue weighted by molar-refractivity contribution is 7.14. The molecule has 0 amide bonds. The van der Waals surface area contributed by atoms with Crippen LogP contribution in [0.5, 0.6) is 0 Å². The lowest BCUT2D eigenvalue weighted by atomic mass is 10.00. The molecule has 2 heterocycles. The highest BCUT2D eigenvalue weighted by Crippen LogP contribution is 2.38. The lowest BCUT2D eigenvalue weighted by Crippen LogP contribution is -2.29. The van der Waals surface area contributed by atoms with Gasteiger partial charge in [-0.1, -0.05) is 0 Å². The third kappa shape index (κ3) is 2.25. The van der Waals surface area contributed by atoms with Gasteiger partial charge in [0.15, 0.2) is 5.78 Å². The highest BCUT2D eigenvalue weighted by atomic mass is 32.1. The van der Waals surface area contributed by atoms with Crippen LogP contribution >= 0.6 is 11.3 Å². The quantitative estimate of drug-likeness (QED) is 0.849. The Kier molecular flexibility index (Phi) is 3.26. The zero-order chi connectivity index (χ0) is 12.7. The summed E-state index contributed by atoms with van der Waals surface area (Å²) in [6, 6.07) is 3.93. The van der Waals surface area contributed by atoms with E-state index < -0.39 is 0 Å². The number of ketones is 1. The van der Waals surface area contributed by atoms with Crippen LogP contribution in [-0.4, -0.2) is 41.5 Å². The second-order valence-electron chi connectivity index (χ2n) is 5.60. The molecule has 0 aromatic carbocycles. The Morgan fingerprint density at radius 2 is 2.28 bits per heavy atom. The smallest absolute Gasteiger partial charge is 0.186 e. The number of carbonyl (C=O) groups excluding carboxylic acids is 1. The molecule has 1 saturated heterocycles. The number of hydrogen-bond donors (Lipinski definition) is 1. The minimum atomic E-state index is -0.140. The molecule has 1 aliphatic heterocycles. The third-order valence-corrected chi connectivity index (χ3v) is 5.32. The first-order valence-corrected chi connectivity index (χ1v) is 7.45. The number of hydrogen-bond acceptors (Lipinski definition) is 4. The van der Waals surface area contributed by atoms with Gasteiger partial charge in [0, 0.05) is 23.9 Å². The molecule has 98 valence electrons. The first kappa shape index (κ1) is 12.3. The normalized spacial score (nSPS) is 31.8. The summed E-state index contributed by atoms with van der Waals surface area (Å²) >= 11 is 1.58. The van der Waals surface area contributed by atoms with Gasteiger partial charge in [0.25, 0.3) is 0 Å². The van der Waals surface area contributed by atoms with Crippen LogP contribution in [0.15, 0.2) is 12.1 Å². The van der Waals surface area contributed by atoms with Crippen molar-refractivity contribution in [2.45, 2.75) is 25.9 Å². The van der Waals surface area contributed by atoms with Gasteiger partial charge in [0.1, 0.15) is 0 Å². The van der Waals surface area contributed by atoms with Gasteiger partial charge in [-0.2, -0.15) is 0 Å². The molecule has 0 bridgehead atoms. The third-order valence-electron chi connectivity index (χ3n) is 4.28. The summed E-state index contributed by atoms with van der Waals surface area (Å²) < 4.78 is 0. The maximum atomic E-state index is 12.1. The minimum absolute atomic E-state index is 0.140. The van der Waals surface area contributed by atoms with Crippen LogP contribution in [0, 0.1) is 18.8 Å². The monoisotopic (exact) mass is 265 g/mol. The predicted molar refractivity (Wildman–Crippen MR) is 72.0 cm³/mol. The summed E-state index contributed by atoms with van der Waals surface area (Å²) in [7, 11) is 0. The van der Waals surface area contributed by atoms with E-state index in [2.05, 4.69) is 4.90 Å². The molecule has 2 aliphatic rings. The molecule has 0 radical (unpaired) electrons. The van der Waals surface area contributed by atoms with Gasteiger partial charge in [-0.05, 0) is 37.8 Å². The Morgan fingerprint density at radius 1 is 1.44 bits per heavy atom. The van der Waals surface area contributed by atoms with Gasteiger partial charge in [-0.25, -0.2) is 0 Å². The maximum absolute atomic E-state index is 12.1. The minimum Gasteiger partial charge on any atom is -0.393 e. The molecule has 2 fully saturated rings. The van der Waals surface area contributed by atoms with Crippen LogP contribution in [0.25, 0.3) is 0 Å². The molecule has 1 aliphatic carbocycles. The van der Waals surface area contributed by atoms with Crippen molar-refractivity contribution in [3.8, 4) is 0 Å². The summed E-state index contributed by atoms with van der Waals surface area (Å²) in [6.07, 6.45) is 1.93. The number of aliphatic hydroxyl groups excluding tert-OH is 1. The molecule has 1 saturated carbocycles. The van der Waals surface area contributed by atoms with E-state index in [4.69, 9.17) is 0 Å². The SMILES string of the molecule is Cc1ccc(C(=O)CN2CC3CCC(O)C3C2)s1. The van der Waals surface area contributed by atoms with Gasteiger partial charge in [-0.15, -0.1) is 11.3 Å². The fourth-order valence-corrected chi connectivity index (χ4v) is 4.12. The van der Waals surface area contributed by atoms with Crippen LogP contribution in [0.1, 0.15) is 27.4 Å². The summed E-state index contributed by atoms with van der Waals surface area (Å²) in [4.78, 5) is 16.4. The zero-order valence-electron chi connectivity index (χ0n) is 10.6. The van der Waals surface area contributed by atoms with E-state index in [9.17, 15) is 9.90 Å². The Balaban J connectivity index is 1.60. The van der Waals surface area contributed by atoms with Gasteiger partial charge < -0.3 is 5.11 Å². The topological polar surface area (TPSA) is 40.5 Å². The maximum Gasteiger partial charge on any atom is 0.186 e. The molecular formula is C14H19NO2S. The van der Waals surface area contributed by atoms with Crippen LogP contribution < -0.4 is 0 Å². The Bertz CT molecular complexity index is 456. The van der Waals surface area contributed by atoms with Gasteiger partial charge >= 0.3 is 0 Å². The van der Waals surface area contributed by atoms with Crippen molar-refractivity contribution in [3.05, 3.63) is 21.9 Å². The first-order chi connectivity index (χ1) is 8.63. The molecule has 3 rings (SSSR count). The average molecular weight is 265 g/mol. The first-order valence-electron chi connectivity index (χ1n) is 6.63. The number of likely N-dealkylation sites (tertiary alicyclic amines) is 1.